The van der Waals surface area contributed by atoms with Crippen molar-refractivity contribution < 1.29 is 24.2 Å². The van der Waals surface area contributed by atoms with Crippen molar-refractivity contribution >= 4 is 23.4 Å². The summed E-state index contributed by atoms with van der Waals surface area (Å²) in [5, 5.41) is 11.8. The van der Waals surface area contributed by atoms with Crippen LogP contribution in [0.2, 0.25) is 0 Å². The van der Waals surface area contributed by atoms with Gasteiger partial charge in [-0.25, -0.2) is 14.8 Å². The molecule has 1 unspecified atom stereocenters. The van der Waals surface area contributed by atoms with E-state index >= 15 is 0 Å². The molecule has 33 heavy (non-hydrogen) atoms. The number of rotatable bonds is 11. The number of carbonyl (C=O) groups excluding carboxylic acids is 2. The van der Waals surface area contributed by atoms with Gasteiger partial charge in [0.05, 0.1) is 13.0 Å². The second-order valence-electron chi connectivity index (χ2n) is 7.01. The van der Waals surface area contributed by atoms with Crippen LogP contribution in [0.15, 0.2) is 67.5 Å². The van der Waals surface area contributed by atoms with Gasteiger partial charge in [0.15, 0.2) is 5.69 Å². The molecule has 2 N–H and O–H groups in total. The van der Waals surface area contributed by atoms with E-state index in [0.29, 0.717) is 6.42 Å². The number of ether oxygens (including phenoxy) is 1. The Labute approximate surface area is 192 Å². The summed E-state index contributed by atoms with van der Waals surface area (Å²) < 4.78 is 5.03. The van der Waals surface area contributed by atoms with Crippen molar-refractivity contribution in [2.24, 2.45) is 0 Å². The highest BCUT2D eigenvalue weighted by atomic mass is 16.5. The summed E-state index contributed by atoms with van der Waals surface area (Å²) in [6, 6.07) is 8.29. The molecule has 0 spiro atoms. The van der Waals surface area contributed by atoms with Crippen molar-refractivity contribution in [3.8, 4) is 0 Å². The van der Waals surface area contributed by atoms with Crippen LogP contribution in [0.1, 0.15) is 52.4 Å². The lowest BCUT2D eigenvalue weighted by Crippen LogP contribution is -2.39. The molecule has 8 nitrogen and oxygen atoms in total. The van der Waals surface area contributed by atoms with Gasteiger partial charge in [-0.1, -0.05) is 55.1 Å². The number of hydrogen-bond donors (Lipinski definition) is 2. The number of carboxylic acid groups (broad SMARTS) is 1. The smallest absolute Gasteiger partial charge is 0.354 e. The lowest BCUT2D eigenvalue weighted by Gasteiger charge is -2.18. The van der Waals surface area contributed by atoms with Crippen molar-refractivity contribution in [3.05, 3.63) is 90.1 Å². The maximum absolute atomic E-state index is 12.7. The average molecular weight is 450 g/mol. The van der Waals surface area contributed by atoms with Crippen LogP contribution in [0, 0.1) is 0 Å². The summed E-state index contributed by atoms with van der Waals surface area (Å²) in [7, 11) is 0. The molecule has 1 aromatic carbocycles. The number of amides is 1. The van der Waals surface area contributed by atoms with E-state index in [-0.39, 0.29) is 24.4 Å². The summed E-state index contributed by atoms with van der Waals surface area (Å²) in [5.74, 6) is -2.31. The monoisotopic (exact) mass is 449 g/mol. The van der Waals surface area contributed by atoms with E-state index in [1.54, 1.807) is 13.0 Å². The summed E-state index contributed by atoms with van der Waals surface area (Å²) in [6.45, 7) is 7.56. The molecule has 1 amide bonds. The van der Waals surface area contributed by atoms with E-state index in [9.17, 15) is 14.4 Å². The largest absolute Gasteiger partial charge is 0.477 e. The van der Waals surface area contributed by atoms with Gasteiger partial charge in [0.25, 0.3) is 5.91 Å². The van der Waals surface area contributed by atoms with Gasteiger partial charge >= 0.3 is 11.9 Å². The predicted molar refractivity (Wildman–Crippen MR) is 125 cm³/mol. The minimum Gasteiger partial charge on any atom is -0.477 e. The normalized spacial score (nSPS) is 12.2. The first-order valence-electron chi connectivity index (χ1n) is 10.4. The number of benzene rings is 1. The standard InChI is InChI=1S/C25H27N3O5/c1-4-7-8-18(5-2)19-11-9-17(10-12-19)13-20(14-23(29)33-6-3)28-24(30)21-15-22(25(31)32)27-16-26-21/h4-5,7-12,15-16,20H,1,6,13-14H2,2-3H3,(H,28,30)(H,31,32). The number of hydrogen-bond acceptors (Lipinski definition) is 6. The minimum absolute atomic E-state index is 0.0413. The molecule has 1 aromatic heterocycles. The van der Waals surface area contributed by atoms with Gasteiger partial charge in [0, 0.05) is 12.1 Å². The van der Waals surface area contributed by atoms with Crippen molar-refractivity contribution in [2.45, 2.75) is 32.7 Å². The molecule has 0 bridgehead atoms. The van der Waals surface area contributed by atoms with E-state index in [1.165, 1.54) is 0 Å². The number of nitrogens with zero attached hydrogens (tertiary/aromatic N) is 2. The average Bonchev–Trinajstić information content (AvgIpc) is 2.80. The van der Waals surface area contributed by atoms with Crippen LogP contribution < -0.4 is 5.32 Å². The van der Waals surface area contributed by atoms with Crippen LogP contribution in [0.4, 0.5) is 0 Å². The lowest BCUT2D eigenvalue weighted by molar-refractivity contribution is -0.143. The first-order chi connectivity index (χ1) is 15.9. The van der Waals surface area contributed by atoms with Crippen molar-refractivity contribution in [1.82, 2.24) is 15.3 Å². The third kappa shape index (κ3) is 7.84. The Balaban J connectivity index is 2.20. The topological polar surface area (TPSA) is 118 Å². The number of nitrogens with one attached hydrogen (secondary N) is 1. The van der Waals surface area contributed by atoms with Gasteiger partial charge < -0.3 is 15.2 Å². The molecule has 0 aliphatic carbocycles. The van der Waals surface area contributed by atoms with Crippen LogP contribution in [0.3, 0.4) is 0 Å². The Bertz CT molecular complexity index is 1060. The van der Waals surface area contributed by atoms with Crippen molar-refractivity contribution in [1.29, 1.82) is 0 Å². The zero-order chi connectivity index (χ0) is 24.2. The van der Waals surface area contributed by atoms with E-state index in [1.807, 2.05) is 49.4 Å². The molecule has 0 saturated carbocycles. The molecule has 0 aliphatic heterocycles. The number of carbonyl (C=O) groups is 3. The highest BCUT2D eigenvalue weighted by molar-refractivity contribution is 5.95. The number of aromatic carboxylic acids is 1. The fourth-order valence-corrected chi connectivity index (χ4v) is 3.10. The molecule has 0 radical (unpaired) electrons. The van der Waals surface area contributed by atoms with Crippen molar-refractivity contribution in [3.63, 3.8) is 0 Å². The third-order valence-corrected chi connectivity index (χ3v) is 4.66. The second-order valence-corrected chi connectivity index (χ2v) is 7.01. The lowest BCUT2D eigenvalue weighted by atomic mass is 9.99. The van der Waals surface area contributed by atoms with E-state index in [2.05, 4.69) is 21.9 Å². The fraction of sp³-hybridized carbons (Fsp3) is 0.240. The Morgan fingerprint density at radius 2 is 1.88 bits per heavy atom. The number of aromatic nitrogens is 2. The van der Waals surface area contributed by atoms with Gasteiger partial charge in [0.2, 0.25) is 0 Å². The number of carboxylic acids is 1. The molecule has 1 heterocycles. The van der Waals surface area contributed by atoms with Gasteiger partial charge in [-0.2, -0.15) is 0 Å². The molecule has 1 atom stereocenters. The Hall–Kier alpha value is -4.07. The van der Waals surface area contributed by atoms with Gasteiger partial charge in [-0.05, 0) is 37.0 Å². The Kier molecular flexibility index (Phi) is 9.70. The van der Waals surface area contributed by atoms with E-state index in [4.69, 9.17) is 9.84 Å². The summed E-state index contributed by atoms with van der Waals surface area (Å²) >= 11 is 0. The van der Waals surface area contributed by atoms with E-state index < -0.39 is 23.9 Å². The molecular formula is C25H27N3O5. The van der Waals surface area contributed by atoms with Crippen LogP contribution in [-0.2, 0) is 16.0 Å². The SMILES string of the molecule is C=CC=CC(=CC)c1ccc(CC(CC(=O)OCC)NC(=O)c2cc(C(=O)O)ncn2)cc1. The van der Waals surface area contributed by atoms with E-state index in [0.717, 1.165) is 29.1 Å². The minimum atomic E-state index is -1.27. The fourth-order valence-electron chi connectivity index (χ4n) is 3.10. The van der Waals surface area contributed by atoms with Crippen LogP contribution in [-0.4, -0.2) is 45.6 Å². The van der Waals surface area contributed by atoms with Crippen molar-refractivity contribution in [2.75, 3.05) is 6.61 Å². The maximum Gasteiger partial charge on any atom is 0.354 e. The maximum atomic E-state index is 12.7. The third-order valence-electron chi connectivity index (χ3n) is 4.66. The van der Waals surface area contributed by atoms with Gasteiger partial charge in [0.1, 0.15) is 12.0 Å². The summed E-state index contributed by atoms with van der Waals surface area (Å²) in [6.07, 6.45) is 8.85. The Morgan fingerprint density at radius 1 is 1.18 bits per heavy atom. The predicted octanol–water partition coefficient (Wildman–Crippen LogP) is 3.61. The molecule has 2 aromatic rings. The number of esters is 1. The Morgan fingerprint density at radius 3 is 2.48 bits per heavy atom. The molecule has 0 aliphatic rings. The second kappa shape index (κ2) is 12.7. The van der Waals surface area contributed by atoms with Crippen LogP contribution in [0.5, 0.6) is 0 Å². The zero-order valence-electron chi connectivity index (χ0n) is 18.7. The van der Waals surface area contributed by atoms with Crippen LogP contribution >= 0.6 is 0 Å². The zero-order valence-corrected chi connectivity index (χ0v) is 18.7. The van der Waals surface area contributed by atoms with Gasteiger partial charge in [-0.3, -0.25) is 9.59 Å². The van der Waals surface area contributed by atoms with Gasteiger partial charge in [-0.15, -0.1) is 0 Å². The quantitative estimate of drug-likeness (QED) is 0.397. The first kappa shape index (κ1) is 25.2. The molecular weight excluding hydrogens is 422 g/mol. The molecule has 0 saturated heterocycles. The highest BCUT2D eigenvalue weighted by Crippen LogP contribution is 2.18. The summed E-state index contributed by atoms with van der Waals surface area (Å²) in [5.41, 5.74) is 2.57. The summed E-state index contributed by atoms with van der Waals surface area (Å²) in [4.78, 5) is 43.3. The molecule has 172 valence electrons. The first-order valence-corrected chi connectivity index (χ1v) is 10.4. The highest BCUT2D eigenvalue weighted by Gasteiger charge is 2.20. The molecule has 2 rings (SSSR count). The number of allylic oxidation sites excluding steroid dienone is 5. The van der Waals surface area contributed by atoms with Crippen LogP contribution in [0.25, 0.3) is 5.57 Å². The molecule has 0 fully saturated rings. The molecule has 8 heteroatoms.